The van der Waals surface area contributed by atoms with Gasteiger partial charge in [0.25, 0.3) is 10.0 Å². The third-order valence-corrected chi connectivity index (χ3v) is 5.33. The van der Waals surface area contributed by atoms with Crippen molar-refractivity contribution in [1.29, 1.82) is 0 Å². The summed E-state index contributed by atoms with van der Waals surface area (Å²) in [7, 11) is -2.00. The first kappa shape index (κ1) is 13.9. The van der Waals surface area contributed by atoms with E-state index in [1.807, 2.05) is 6.07 Å². The molecule has 0 amide bonds. The van der Waals surface area contributed by atoms with Crippen LogP contribution in [0, 0.1) is 6.92 Å². The molecule has 21 heavy (non-hydrogen) atoms. The van der Waals surface area contributed by atoms with Gasteiger partial charge in [0.05, 0.1) is 19.0 Å². The summed E-state index contributed by atoms with van der Waals surface area (Å²) in [6.07, 6.45) is 3.00. The molecule has 0 fully saturated rings. The number of hydrogen-bond acceptors (Lipinski definition) is 4. The number of rotatable bonds is 3. The van der Waals surface area contributed by atoms with Crippen LogP contribution in [0.3, 0.4) is 0 Å². The standard InChI is InChI=1S/C14H17N3O3S/c1-10-15-9-14(16-10)21(18,19)17-7-3-4-11-8-12(20-2)5-6-13(11)17/h5-6,8-9H,3-4,7H2,1-2H3,(H,15,16). The smallest absolute Gasteiger partial charge is 0.281 e. The Bertz CT molecular complexity index is 768. The molecule has 1 aliphatic heterocycles. The number of sulfonamides is 1. The number of benzene rings is 1. The second-order valence-corrected chi connectivity index (χ2v) is 6.84. The maximum absolute atomic E-state index is 12.7. The normalized spacial score (nSPS) is 14.9. The highest BCUT2D eigenvalue weighted by Gasteiger charge is 2.30. The highest BCUT2D eigenvalue weighted by molar-refractivity contribution is 7.92. The second kappa shape index (κ2) is 5.07. The molecule has 0 radical (unpaired) electrons. The lowest BCUT2D eigenvalue weighted by Crippen LogP contribution is -2.35. The van der Waals surface area contributed by atoms with Gasteiger partial charge in [-0.25, -0.2) is 4.98 Å². The molecule has 0 bridgehead atoms. The first-order chi connectivity index (χ1) is 10.0. The summed E-state index contributed by atoms with van der Waals surface area (Å²) in [5.74, 6) is 1.32. The predicted molar refractivity (Wildman–Crippen MR) is 79.2 cm³/mol. The molecule has 112 valence electrons. The fraction of sp³-hybridized carbons (Fsp3) is 0.357. The van der Waals surface area contributed by atoms with E-state index < -0.39 is 10.0 Å². The molecule has 1 aromatic carbocycles. The van der Waals surface area contributed by atoms with Crippen LogP contribution in [-0.4, -0.2) is 32.0 Å². The number of aromatic nitrogens is 2. The van der Waals surface area contributed by atoms with Crippen LogP contribution in [0.15, 0.2) is 29.4 Å². The van der Waals surface area contributed by atoms with Crippen molar-refractivity contribution >= 4 is 15.7 Å². The zero-order valence-corrected chi connectivity index (χ0v) is 12.8. The maximum Gasteiger partial charge on any atom is 0.281 e. The SMILES string of the molecule is COc1ccc2c(c1)CCCN2S(=O)(=O)c1cnc(C)[nH]1. The van der Waals surface area contributed by atoms with Crippen molar-refractivity contribution in [3.8, 4) is 5.75 Å². The summed E-state index contributed by atoms with van der Waals surface area (Å²) < 4.78 is 32.1. The van der Waals surface area contributed by atoms with E-state index in [1.54, 1.807) is 26.2 Å². The van der Waals surface area contributed by atoms with Gasteiger partial charge in [-0.15, -0.1) is 0 Å². The van der Waals surface area contributed by atoms with E-state index in [-0.39, 0.29) is 5.03 Å². The summed E-state index contributed by atoms with van der Waals surface area (Å²) >= 11 is 0. The Morgan fingerprint density at radius 3 is 2.86 bits per heavy atom. The highest BCUT2D eigenvalue weighted by Crippen LogP contribution is 2.33. The van der Waals surface area contributed by atoms with Gasteiger partial charge in [-0.1, -0.05) is 0 Å². The molecule has 2 aromatic rings. The minimum absolute atomic E-state index is 0.128. The number of ether oxygens (including phenoxy) is 1. The predicted octanol–water partition coefficient (Wildman–Crippen LogP) is 1.87. The first-order valence-electron chi connectivity index (χ1n) is 6.73. The number of hydrogen-bond donors (Lipinski definition) is 1. The lowest BCUT2D eigenvalue weighted by atomic mass is 10.0. The van der Waals surface area contributed by atoms with E-state index in [1.165, 1.54) is 10.5 Å². The van der Waals surface area contributed by atoms with Crippen molar-refractivity contribution in [2.24, 2.45) is 0 Å². The fourth-order valence-electron chi connectivity index (χ4n) is 2.56. The molecule has 0 unspecified atom stereocenters. The molecule has 0 spiro atoms. The Morgan fingerprint density at radius 2 is 2.19 bits per heavy atom. The quantitative estimate of drug-likeness (QED) is 0.939. The van der Waals surface area contributed by atoms with Gasteiger partial charge in [0.15, 0.2) is 5.03 Å². The first-order valence-corrected chi connectivity index (χ1v) is 8.17. The summed E-state index contributed by atoms with van der Waals surface area (Å²) in [5.41, 5.74) is 1.70. The van der Waals surface area contributed by atoms with E-state index in [0.29, 0.717) is 18.1 Å². The van der Waals surface area contributed by atoms with Crippen molar-refractivity contribution in [2.45, 2.75) is 24.8 Å². The topological polar surface area (TPSA) is 75.3 Å². The fourth-order valence-corrected chi connectivity index (χ4v) is 4.07. The maximum atomic E-state index is 12.7. The number of nitrogens with zero attached hydrogens (tertiary/aromatic N) is 2. The van der Waals surface area contributed by atoms with Crippen LogP contribution in [0.25, 0.3) is 0 Å². The summed E-state index contributed by atoms with van der Waals surface area (Å²) in [6, 6.07) is 5.48. The molecule has 1 aromatic heterocycles. The molecule has 2 heterocycles. The van der Waals surface area contributed by atoms with Crippen LogP contribution in [0.4, 0.5) is 5.69 Å². The van der Waals surface area contributed by atoms with Gasteiger partial charge in [0.1, 0.15) is 11.6 Å². The van der Waals surface area contributed by atoms with E-state index >= 15 is 0 Å². The molecule has 7 heteroatoms. The number of fused-ring (bicyclic) bond motifs is 1. The summed E-state index contributed by atoms with van der Waals surface area (Å²) in [5, 5.41) is 0.128. The Kier molecular flexibility index (Phi) is 3.36. The zero-order chi connectivity index (χ0) is 15.0. The molecule has 1 aliphatic rings. The highest BCUT2D eigenvalue weighted by atomic mass is 32.2. The molecule has 0 saturated carbocycles. The molecule has 0 aliphatic carbocycles. The van der Waals surface area contributed by atoms with Crippen molar-refractivity contribution in [3.63, 3.8) is 0 Å². The minimum Gasteiger partial charge on any atom is -0.497 e. The zero-order valence-electron chi connectivity index (χ0n) is 12.0. The van der Waals surface area contributed by atoms with Crippen LogP contribution in [0.2, 0.25) is 0 Å². The van der Waals surface area contributed by atoms with E-state index in [0.717, 1.165) is 24.2 Å². The number of anilines is 1. The van der Waals surface area contributed by atoms with Gasteiger partial charge >= 0.3 is 0 Å². The number of nitrogens with one attached hydrogen (secondary N) is 1. The van der Waals surface area contributed by atoms with Crippen molar-refractivity contribution in [2.75, 3.05) is 18.0 Å². The molecule has 0 atom stereocenters. The lowest BCUT2D eigenvalue weighted by Gasteiger charge is -2.30. The van der Waals surface area contributed by atoms with Gasteiger partial charge < -0.3 is 9.72 Å². The van der Waals surface area contributed by atoms with E-state index in [4.69, 9.17) is 4.74 Å². The van der Waals surface area contributed by atoms with Gasteiger partial charge in [-0.3, -0.25) is 4.31 Å². The van der Waals surface area contributed by atoms with Crippen LogP contribution >= 0.6 is 0 Å². The number of imidazole rings is 1. The van der Waals surface area contributed by atoms with Crippen molar-refractivity contribution in [3.05, 3.63) is 35.8 Å². The van der Waals surface area contributed by atoms with Gasteiger partial charge in [0.2, 0.25) is 0 Å². The molecule has 3 rings (SSSR count). The van der Waals surface area contributed by atoms with E-state index in [2.05, 4.69) is 9.97 Å². The Morgan fingerprint density at radius 1 is 1.38 bits per heavy atom. The van der Waals surface area contributed by atoms with Gasteiger partial charge in [0, 0.05) is 6.54 Å². The van der Waals surface area contributed by atoms with Crippen molar-refractivity contribution < 1.29 is 13.2 Å². The Hall–Kier alpha value is -2.02. The number of H-pyrrole nitrogens is 1. The van der Waals surface area contributed by atoms with Gasteiger partial charge in [-0.2, -0.15) is 8.42 Å². The average Bonchev–Trinajstić information content (AvgIpc) is 2.93. The summed E-state index contributed by atoms with van der Waals surface area (Å²) in [4.78, 5) is 6.78. The van der Waals surface area contributed by atoms with E-state index in [9.17, 15) is 8.42 Å². The number of aryl methyl sites for hydroxylation is 2. The Labute approximate surface area is 123 Å². The Balaban J connectivity index is 2.06. The number of aromatic amines is 1. The second-order valence-electron chi connectivity index (χ2n) is 5.01. The van der Waals surface area contributed by atoms with Crippen LogP contribution < -0.4 is 9.04 Å². The third kappa shape index (κ3) is 2.37. The molecular formula is C14H17N3O3S. The number of methoxy groups -OCH3 is 1. The minimum atomic E-state index is -3.60. The summed E-state index contributed by atoms with van der Waals surface area (Å²) in [6.45, 7) is 2.20. The largest absolute Gasteiger partial charge is 0.497 e. The monoisotopic (exact) mass is 307 g/mol. The molecular weight excluding hydrogens is 290 g/mol. The van der Waals surface area contributed by atoms with Crippen LogP contribution in [0.1, 0.15) is 17.8 Å². The molecule has 1 N–H and O–H groups in total. The van der Waals surface area contributed by atoms with Gasteiger partial charge in [-0.05, 0) is 43.5 Å². The van der Waals surface area contributed by atoms with Crippen LogP contribution in [0.5, 0.6) is 5.75 Å². The van der Waals surface area contributed by atoms with Crippen LogP contribution in [-0.2, 0) is 16.4 Å². The molecule has 6 nitrogen and oxygen atoms in total. The third-order valence-electron chi connectivity index (χ3n) is 3.61. The lowest BCUT2D eigenvalue weighted by molar-refractivity contribution is 0.414. The molecule has 0 saturated heterocycles. The average molecular weight is 307 g/mol. The van der Waals surface area contributed by atoms with Crippen molar-refractivity contribution in [1.82, 2.24) is 9.97 Å².